The van der Waals surface area contributed by atoms with Crippen molar-refractivity contribution in [1.82, 2.24) is 0 Å². The summed E-state index contributed by atoms with van der Waals surface area (Å²) >= 11 is 0. The second-order valence-electron chi connectivity index (χ2n) is 4.39. The van der Waals surface area contributed by atoms with E-state index in [1.807, 2.05) is 0 Å². The third kappa shape index (κ3) is 3.14. The van der Waals surface area contributed by atoms with Gasteiger partial charge in [-0.2, -0.15) is 0 Å². The molecule has 0 aliphatic rings. The van der Waals surface area contributed by atoms with Crippen LogP contribution >= 0.6 is 0 Å². The summed E-state index contributed by atoms with van der Waals surface area (Å²) in [6.07, 6.45) is 0. The highest BCUT2D eigenvalue weighted by Gasteiger charge is 2.91. The van der Waals surface area contributed by atoms with Crippen LogP contribution in [0.15, 0.2) is 0 Å². The number of hydrogen-bond donors (Lipinski definition) is 0. The molecule has 0 spiro atoms. The van der Waals surface area contributed by atoms with E-state index in [9.17, 15) is 0 Å². The van der Waals surface area contributed by atoms with Gasteiger partial charge in [0.05, 0.1) is 0 Å². The van der Waals surface area contributed by atoms with Crippen LogP contribution in [0.5, 0.6) is 0 Å². The second kappa shape index (κ2) is 9.97. The minimum absolute atomic E-state index is 1.46. The maximum absolute atomic E-state index is 5.89. The maximum Gasteiger partial charge on any atom is 0.540 e. The Balaban J connectivity index is 6.91. The predicted molar refractivity (Wildman–Crippen MR) is 93.1 cm³/mol. The van der Waals surface area contributed by atoms with Gasteiger partial charge in [-0.3, -0.25) is 0 Å². The van der Waals surface area contributed by atoms with Crippen molar-refractivity contribution in [3.63, 3.8) is 0 Å². The molecule has 0 bridgehead atoms. The Kier molecular flexibility index (Phi) is 10.2. The van der Waals surface area contributed by atoms with E-state index in [0.29, 0.717) is 0 Å². The van der Waals surface area contributed by atoms with Crippen LogP contribution in [0.25, 0.3) is 0 Å². The zero-order chi connectivity index (χ0) is 19.1. The summed E-state index contributed by atoms with van der Waals surface area (Å²) in [5.74, 6) is 0. The predicted octanol–water partition coefficient (Wildman–Crippen LogP) is -0.552. The van der Waals surface area contributed by atoms with Crippen molar-refractivity contribution in [1.29, 1.82) is 0 Å². The molecule has 0 aliphatic carbocycles. The van der Waals surface area contributed by atoms with E-state index in [2.05, 4.69) is 0 Å². The van der Waals surface area contributed by atoms with Gasteiger partial charge < -0.3 is 44.3 Å². The lowest BCUT2D eigenvalue weighted by Crippen LogP contribution is -2.93. The molecule has 24 heavy (non-hydrogen) atoms. The van der Waals surface area contributed by atoms with Gasteiger partial charge in [-0.05, 0) is 0 Å². The average Bonchev–Trinajstić information content (AvgIpc) is 2.65. The van der Waals surface area contributed by atoms with Crippen molar-refractivity contribution in [3.05, 3.63) is 0 Å². The summed E-state index contributed by atoms with van der Waals surface area (Å²) in [4.78, 5) is 0. The fraction of sp³-hybridized carbons (Fsp3) is 1.00. The minimum Gasteiger partial charge on any atom is -0.394 e. The summed E-state index contributed by atoms with van der Waals surface area (Å²) in [7, 11) is 0.252. The van der Waals surface area contributed by atoms with Gasteiger partial charge in [0, 0.05) is 71.1 Å². The molecular weight excluding hydrogens is 392 g/mol. The summed E-state index contributed by atoms with van der Waals surface area (Å²) in [6, 6.07) is 0. The van der Waals surface area contributed by atoms with E-state index in [0.717, 1.165) is 0 Å². The van der Waals surface area contributed by atoms with Gasteiger partial charge in [-0.1, -0.05) is 0 Å². The van der Waals surface area contributed by atoms with Crippen molar-refractivity contribution in [2.75, 3.05) is 71.1 Å². The third-order valence-electron chi connectivity index (χ3n) is 4.00. The lowest BCUT2D eigenvalue weighted by atomic mass is 11.8. The van der Waals surface area contributed by atoms with E-state index in [-0.39, 0.29) is 0 Å². The molecule has 0 unspecified atom stereocenters. The first-order chi connectivity index (χ1) is 11.4. The van der Waals surface area contributed by atoms with E-state index in [4.69, 9.17) is 44.3 Å². The lowest BCUT2D eigenvalue weighted by Gasteiger charge is -2.49. The highest BCUT2D eigenvalue weighted by Crippen LogP contribution is 2.38. The standard InChI is InChI=1S/C10H30O10Si4/c1-11-21(12-2,13-3)23(17-7,18-8)24(19-9,20-10)22(14-4,15-5)16-6/h1-10H3. The SMILES string of the molecule is CO[Si](OC)(OC)[Si](OC)(OC)[Si](OC)(OC)[Si](OC)(OC)OC. The van der Waals surface area contributed by atoms with Gasteiger partial charge >= 0.3 is 31.8 Å². The zero-order valence-electron chi connectivity index (χ0n) is 16.1. The molecule has 0 N–H and O–H groups in total. The van der Waals surface area contributed by atoms with Gasteiger partial charge in [0.15, 0.2) is 0 Å². The smallest absolute Gasteiger partial charge is 0.394 e. The Labute approximate surface area is 147 Å². The van der Waals surface area contributed by atoms with Crippen LogP contribution in [-0.2, 0) is 44.3 Å². The second-order valence-corrected chi connectivity index (χ2v) is 27.7. The molecule has 0 atom stereocenters. The van der Waals surface area contributed by atoms with Gasteiger partial charge in [0.2, 0.25) is 0 Å². The molecule has 14 heteroatoms. The monoisotopic (exact) mass is 422 g/mol. The van der Waals surface area contributed by atoms with Crippen LogP contribution in [0.2, 0.25) is 0 Å². The first kappa shape index (κ1) is 24.5. The Morgan fingerprint density at radius 1 is 0.292 bits per heavy atom. The number of rotatable bonds is 13. The van der Waals surface area contributed by atoms with Crippen molar-refractivity contribution in [2.24, 2.45) is 0 Å². The summed E-state index contributed by atoms with van der Waals surface area (Å²) < 4.78 is 57.5. The lowest BCUT2D eigenvalue weighted by molar-refractivity contribution is 0.0998. The molecule has 0 saturated heterocycles. The fourth-order valence-corrected chi connectivity index (χ4v) is 46.9. The largest absolute Gasteiger partial charge is 0.540 e. The molecule has 0 aromatic carbocycles. The van der Waals surface area contributed by atoms with Gasteiger partial charge in [-0.25, -0.2) is 0 Å². The topological polar surface area (TPSA) is 92.3 Å². The molecule has 0 radical (unpaired) electrons. The van der Waals surface area contributed by atoms with Crippen LogP contribution in [0.1, 0.15) is 0 Å². The maximum atomic E-state index is 5.89. The Bertz CT molecular complexity index is 307. The molecule has 0 saturated carbocycles. The highest BCUT2D eigenvalue weighted by molar-refractivity contribution is 7.73. The molecule has 0 aromatic rings. The molecular formula is C10H30O10Si4. The van der Waals surface area contributed by atoms with Gasteiger partial charge in [0.25, 0.3) is 0 Å². The average molecular weight is 423 g/mol. The van der Waals surface area contributed by atoms with Gasteiger partial charge in [-0.15, -0.1) is 0 Å². The quantitative estimate of drug-likeness (QED) is 0.360. The molecule has 0 heterocycles. The van der Waals surface area contributed by atoms with Crippen LogP contribution in [-0.4, -0.2) is 103 Å². The van der Waals surface area contributed by atoms with Crippen molar-refractivity contribution < 1.29 is 44.3 Å². The normalized spacial score (nSPS) is 14.2. The summed E-state index contributed by atoms with van der Waals surface area (Å²) in [5, 5.41) is 0. The molecule has 0 aromatic heterocycles. The fourth-order valence-electron chi connectivity index (χ4n) is 2.91. The van der Waals surface area contributed by atoms with E-state index >= 15 is 0 Å². The van der Waals surface area contributed by atoms with Crippen molar-refractivity contribution in [2.45, 2.75) is 0 Å². The summed E-state index contributed by atoms with van der Waals surface area (Å²) in [5.41, 5.74) is 0. The molecule has 0 amide bonds. The van der Waals surface area contributed by atoms with Gasteiger partial charge in [0.1, 0.15) is 0 Å². The molecule has 0 fully saturated rings. The summed E-state index contributed by atoms with van der Waals surface area (Å²) in [6.45, 7) is 0. The van der Waals surface area contributed by atoms with Crippen LogP contribution < -0.4 is 0 Å². The molecule has 0 rings (SSSR count). The highest BCUT2D eigenvalue weighted by atomic mass is 29.9. The molecule has 10 nitrogen and oxygen atoms in total. The minimum atomic E-state index is -3.65. The third-order valence-corrected chi connectivity index (χ3v) is 41.7. The Morgan fingerprint density at radius 2 is 0.458 bits per heavy atom. The van der Waals surface area contributed by atoms with Crippen LogP contribution in [0.3, 0.4) is 0 Å². The Morgan fingerprint density at radius 3 is 0.542 bits per heavy atom. The van der Waals surface area contributed by atoms with E-state index in [1.165, 1.54) is 71.1 Å². The van der Waals surface area contributed by atoms with Crippen LogP contribution in [0, 0.1) is 0 Å². The molecule has 0 aliphatic heterocycles. The zero-order valence-corrected chi connectivity index (χ0v) is 20.1. The van der Waals surface area contributed by atoms with E-state index in [1.54, 1.807) is 0 Å². The van der Waals surface area contributed by atoms with Crippen molar-refractivity contribution >= 4 is 31.8 Å². The van der Waals surface area contributed by atoms with Crippen LogP contribution in [0.4, 0.5) is 0 Å². The Hall–Kier alpha value is 0.468. The van der Waals surface area contributed by atoms with E-state index < -0.39 is 31.8 Å². The first-order valence-corrected chi connectivity index (χ1v) is 17.0. The first-order valence-electron chi connectivity index (χ1n) is 6.87. The van der Waals surface area contributed by atoms with Crippen molar-refractivity contribution in [3.8, 4) is 0 Å². The number of hydrogen-bond acceptors (Lipinski definition) is 10. The molecule has 146 valence electrons.